The molecule has 0 aliphatic carbocycles. The van der Waals surface area contributed by atoms with Crippen LogP contribution in [0.15, 0.2) is 57.8 Å². The summed E-state index contributed by atoms with van der Waals surface area (Å²) in [5.74, 6) is -1.60. The van der Waals surface area contributed by atoms with E-state index < -0.39 is 28.0 Å². The molecule has 6 nitrogen and oxygen atoms in total. The van der Waals surface area contributed by atoms with E-state index in [0.29, 0.717) is 16.6 Å². The average Bonchev–Trinajstić information content (AvgIpc) is 3.35. The van der Waals surface area contributed by atoms with Gasteiger partial charge in [-0.25, -0.2) is 8.42 Å². The third-order valence-electron chi connectivity index (χ3n) is 5.26. The largest absolute Gasteiger partial charge is 0.480 e. The lowest BCUT2D eigenvalue weighted by Crippen LogP contribution is -2.44. The zero-order valence-electron chi connectivity index (χ0n) is 17.4. The van der Waals surface area contributed by atoms with Gasteiger partial charge in [-0.2, -0.15) is 4.72 Å². The first-order valence-electron chi connectivity index (χ1n) is 10.00. The van der Waals surface area contributed by atoms with Gasteiger partial charge in [-0.05, 0) is 60.4 Å². The van der Waals surface area contributed by atoms with Gasteiger partial charge in [0.15, 0.2) is 0 Å². The fraction of sp³-hybridized carbons (Fsp3) is 0.261. The molecule has 0 fully saturated rings. The molecule has 0 bridgehead atoms. The maximum atomic E-state index is 12.8. The summed E-state index contributed by atoms with van der Waals surface area (Å²) in [5, 5.41) is 10.8. The Bertz CT molecular complexity index is 1380. The Balaban J connectivity index is 1.75. The normalized spacial score (nSPS) is 13.3. The molecule has 0 saturated heterocycles. The summed E-state index contributed by atoms with van der Waals surface area (Å²) < 4.78 is 33.9. The molecule has 0 spiro atoms. The molecule has 2 aromatic heterocycles. The van der Waals surface area contributed by atoms with Crippen LogP contribution in [0.1, 0.15) is 25.6 Å². The maximum absolute atomic E-state index is 12.8. The Hall–Kier alpha value is -2.68. The Kier molecular flexibility index (Phi) is 5.63. The molecule has 0 aliphatic rings. The summed E-state index contributed by atoms with van der Waals surface area (Å²) in [6, 6.07) is 13.5. The van der Waals surface area contributed by atoms with Crippen LogP contribution in [-0.2, 0) is 21.2 Å². The Labute approximate surface area is 184 Å². The summed E-state index contributed by atoms with van der Waals surface area (Å²) in [6.45, 7) is 5.43. The molecule has 2 heterocycles. The lowest BCUT2D eigenvalue weighted by molar-refractivity contribution is -0.140. The average molecular weight is 458 g/mol. The molecule has 2 N–H and O–H groups in total. The number of carbonyl (C=O) groups is 1. The van der Waals surface area contributed by atoms with Gasteiger partial charge in [0.2, 0.25) is 10.0 Å². The number of carboxylic acids is 1. The summed E-state index contributed by atoms with van der Waals surface area (Å²) >= 11 is 1.74. The first kappa shape index (κ1) is 21.5. The van der Waals surface area contributed by atoms with Crippen molar-refractivity contribution in [3.8, 4) is 10.4 Å². The quantitative estimate of drug-likeness (QED) is 0.394. The van der Waals surface area contributed by atoms with Crippen molar-refractivity contribution in [2.75, 3.05) is 0 Å². The van der Waals surface area contributed by atoms with E-state index in [9.17, 15) is 18.3 Å². The molecule has 1 atom stereocenters. The van der Waals surface area contributed by atoms with E-state index in [2.05, 4.69) is 23.8 Å². The number of thiophene rings is 1. The van der Waals surface area contributed by atoms with Gasteiger partial charge in [-0.3, -0.25) is 4.79 Å². The van der Waals surface area contributed by atoms with Crippen LogP contribution in [-0.4, -0.2) is 25.5 Å². The second-order valence-electron chi connectivity index (χ2n) is 7.77. The van der Waals surface area contributed by atoms with E-state index in [0.717, 1.165) is 22.2 Å². The van der Waals surface area contributed by atoms with Crippen molar-refractivity contribution in [1.82, 2.24) is 4.72 Å². The number of aliphatic carboxylic acids is 1. The number of furan rings is 1. The SMILES string of the molecule is CCc1ccc(-c2ccc3c(c2)oc2ccc(S(=O)(=O)N[C@H](C(=O)O)C(C)C)cc23)s1. The first-order chi connectivity index (χ1) is 14.7. The van der Waals surface area contributed by atoms with Crippen molar-refractivity contribution in [1.29, 1.82) is 0 Å². The highest BCUT2D eigenvalue weighted by Crippen LogP contribution is 2.35. The summed E-state index contributed by atoms with van der Waals surface area (Å²) in [7, 11) is -4.01. The highest BCUT2D eigenvalue weighted by atomic mass is 32.2. The van der Waals surface area contributed by atoms with Crippen molar-refractivity contribution in [2.45, 2.75) is 38.1 Å². The molecule has 162 valence electrons. The van der Waals surface area contributed by atoms with Gasteiger partial charge in [0, 0.05) is 20.5 Å². The zero-order valence-corrected chi connectivity index (χ0v) is 19.0. The minimum absolute atomic E-state index is 0.00419. The van der Waals surface area contributed by atoms with Gasteiger partial charge in [0.05, 0.1) is 4.90 Å². The van der Waals surface area contributed by atoms with Crippen LogP contribution in [0.3, 0.4) is 0 Å². The third-order valence-corrected chi connectivity index (χ3v) is 7.98. The molecule has 4 rings (SSSR count). The minimum Gasteiger partial charge on any atom is -0.480 e. The minimum atomic E-state index is -4.01. The van der Waals surface area contributed by atoms with E-state index in [1.54, 1.807) is 31.3 Å². The van der Waals surface area contributed by atoms with Gasteiger partial charge in [-0.15, -0.1) is 11.3 Å². The van der Waals surface area contributed by atoms with Gasteiger partial charge < -0.3 is 9.52 Å². The predicted molar refractivity (Wildman–Crippen MR) is 123 cm³/mol. The summed E-state index contributed by atoms with van der Waals surface area (Å²) in [6.07, 6.45) is 0.988. The smallest absolute Gasteiger partial charge is 0.322 e. The van der Waals surface area contributed by atoms with Gasteiger partial charge >= 0.3 is 5.97 Å². The fourth-order valence-electron chi connectivity index (χ4n) is 3.51. The van der Waals surface area contributed by atoms with Gasteiger partial charge in [0.1, 0.15) is 17.2 Å². The van der Waals surface area contributed by atoms with Crippen molar-refractivity contribution in [3.63, 3.8) is 0 Å². The lowest BCUT2D eigenvalue weighted by Gasteiger charge is -2.17. The van der Waals surface area contributed by atoms with Crippen LogP contribution in [0.25, 0.3) is 32.4 Å². The number of hydrogen-bond acceptors (Lipinski definition) is 5. The molecule has 0 amide bonds. The molecule has 0 unspecified atom stereocenters. The molecule has 0 saturated carbocycles. The molecule has 0 radical (unpaired) electrons. The molecule has 31 heavy (non-hydrogen) atoms. The number of carboxylic acid groups (broad SMARTS) is 1. The molecule has 8 heteroatoms. The van der Waals surface area contributed by atoms with E-state index in [1.807, 2.05) is 18.2 Å². The maximum Gasteiger partial charge on any atom is 0.322 e. The topological polar surface area (TPSA) is 96.6 Å². The number of sulfonamides is 1. The van der Waals surface area contributed by atoms with Crippen LogP contribution in [0, 0.1) is 5.92 Å². The van der Waals surface area contributed by atoms with Gasteiger partial charge in [-0.1, -0.05) is 26.8 Å². The summed E-state index contributed by atoms with van der Waals surface area (Å²) in [4.78, 5) is 13.9. The summed E-state index contributed by atoms with van der Waals surface area (Å²) in [5.41, 5.74) is 2.30. The van der Waals surface area contributed by atoms with Crippen LogP contribution in [0.2, 0.25) is 0 Å². The highest BCUT2D eigenvalue weighted by molar-refractivity contribution is 7.89. The first-order valence-corrected chi connectivity index (χ1v) is 12.3. The van der Waals surface area contributed by atoms with Gasteiger partial charge in [0.25, 0.3) is 0 Å². The Morgan fingerprint density at radius 2 is 1.84 bits per heavy atom. The number of rotatable bonds is 7. The molecule has 2 aromatic carbocycles. The molecular formula is C23H23NO5S2. The van der Waals surface area contributed by atoms with Crippen LogP contribution >= 0.6 is 11.3 Å². The van der Waals surface area contributed by atoms with E-state index >= 15 is 0 Å². The van der Waals surface area contributed by atoms with Crippen LogP contribution in [0.4, 0.5) is 0 Å². The van der Waals surface area contributed by atoms with Crippen molar-refractivity contribution in [2.24, 2.45) is 5.92 Å². The Morgan fingerprint density at radius 1 is 1.06 bits per heavy atom. The van der Waals surface area contributed by atoms with Crippen LogP contribution < -0.4 is 4.72 Å². The number of hydrogen-bond donors (Lipinski definition) is 2. The van der Waals surface area contributed by atoms with Crippen molar-refractivity contribution >= 4 is 49.3 Å². The van der Waals surface area contributed by atoms with Crippen molar-refractivity contribution < 1.29 is 22.7 Å². The number of benzene rings is 2. The number of fused-ring (bicyclic) bond motifs is 3. The zero-order chi connectivity index (χ0) is 22.3. The Morgan fingerprint density at radius 3 is 2.48 bits per heavy atom. The van der Waals surface area contributed by atoms with E-state index in [4.69, 9.17) is 4.42 Å². The van der Waals surface area contributed by atoms with E-state index in [1.165, 1.54) is 17.0 Å². The molecular weight excluding hydrogens is 434 g/mol. The number of aryl methyl sites for hydroxylation is 1. The van der Waals surface area contributed by atoms with E-state index in [-0.39, 0.29) is 4.90 Å². The second-order valence-corrected chi connectivity index (χ2v) is 10.7. The molecule has 4 aromatic rings. The van der Waals surface area contributed by atoms with Crippen molar-refractivity contribution in [3.05, 3.63) is 53.4 Å². The lowest BCUT2D eigenvalue weighted by atomic mass is 10.1. The third kappa shape index (κ3) is 4.11. The second kappa shape index (κ2) is 8.11. The molecule has 0 aliphatic heterocycles. The highest BCUT2D eigenvalue weighted by Gasteiger charge is 2.28. The predicted octanol–water partition coefficient (Wildman–Crippen LogP) is 5.26. The van der Waals surface area contributed by atoms with Crippen LogP contribution in [0.5, 0.6) is 0 Å². The monoisotopic (exact) mass is 457 g/mol. The fourth-order valence-corrected chi connectivity index (χ4v) is 5.81. The standard InChI is InChI=1S/C23H23NO5S2/c1-4-15-6-10-21(30-15)14-5-8-17-18-12-16(7-9-19(18)29-20(17)11-14)31(27,28)24-22(13(2)3)23(25)26/h5-13,22,24H,4H2,1-3H3,(H,25,26)/t22-/m0/s1. The number of nitrogens with one attached hydrogen (secondary N) is 1.